The first-order valence-electron chi connectivity index (χ1n) is 3.98. The summed E-state index contributed by atoms with van der Waals surface area (Å²) in [6.45, 7) is 1.09. The van der Waals surface area contributed by atoms with Crippen molar-refractivity contribution in [2.24, 2.45) is 0 Å². The topological polar surface area (TPSA) is 45.2 Å². The van der Waals surface area contributed by atoms with Crippen LogP contribution >= 0.6 is 11.3 Å². The van der Waals surface area contributed by atoms with Gasteiger partial charge in [0.05, 0.1) is 12.1 Å². The number of hydrogen-bond acceptors (Lipinski definition) is 4. The summed E-state index contributed by atoms with van der Waals surface area (Å²) in [6, 6.07) is 0. The Morgan fingerprint density at radius 2 is 2.46 bits per heavy atom. The summed E-state index contributed by atoms with van der Waals surface area (Å²) < 4.78 is 0. The lowest BCUT2D eigenvalue weighted by Gasteiger charge is -2.09. The van der Waals surface area contributed by atoms with Gasteiger partial charge in [-0.3, -0.25) is 9.78 Å². The van der Waals surface area contributed by atoms with Crippen LogP contribution in [-0.2, 0) is 11.3 Å². The Labute approximate surface area is 81.6 Å². The van der Waals surface area contributed by atoms with Crippen LogP contribution in [0.3, 0.4) is 0 Å². The Bertz CT molecular complexity index is 258. The highest BCUT2D eigenvalue weighted by molar-refractivity contribution is 7.09. The Morgan fingerprint density at radius 3 is 3.00 bits per heavy atom. The Morgan fingerprint density at radius 1 is 1.69 bits per heavy atom. The molecule has 1 N–H and O–H groups in total. The number of nitrogens with one attached hydrogen (secondary N) is 1. The normalized spacial score (nSPS) is 10.0. The highest BCUT2D eigenvalue weighted by atomic mass is 32.1. The van der Waals surface area contributed by atoms with E-state index in [1.54, 1.807) is 42.0 Å². The monoisotopic (exact) mass is 199 g/mol. The van der Waals surface area contributed by atoms with E-state index in [0.29, 0.717) is 13.1 Å². The maximum atomic E-state index is 11.1. The number of likely N-dealkylation sites (N-methyl/N-ethyl adjacent to an activating group) is 1. The molecule has 0 saturated carbocycles. The van der Waals surface area contributed by atoms with Gasteiger partial charge in [0.1, 0.15) is 0 Å². The van der Waals surface area contributed by atoms with E-state index in [-0.39, 0.29) is 5.91 Å². The lowest BCUT2D eigenvalue weighted by atomic mass is 10.5. The molecule has 1 aromatic heterocycles. The first-order valence-corrected chi connectivity index (χ1v) is 4.86. The van der Waals surface area contributed by atoms with E-state index in [1.807, 2.05) is 0 Å². The van der Waals surface area contributed by atoms with Gasteiger partial charge >= 0.3 is 0 Å². The second kappa shape index (κ2) is 4.94. The molecule has 0 spiro atoms. The molecule has 0 aliphatic heterocycles. The zero-order valence-electron chi connectivity index (χ0n) is 7.78. The average molecular weight is 199 g/mol. The van der Waals surface area contributed by atoms with Crippen molar-refractivity contribution in [1.82, 2.24) is 15.2 Å². The summed E-state index contributed by atoms with van der Waals surface area (Å²) in [7, 11) is 3.49. The molecule has 13 heavy (non-hydrogen) atoms. The van der Waals surface area contributed by atoms with Crippen molar-refractivity contribution in [2.75, 3.05) is 20.6 Å². The van der Waals surface area contributed by atoms with Crippen molar-refractivity contribution in [1.29, 1.82) is 0 Å². The van der Waals surface area contributed by atoms with Gasteiger partial charge in [-0.25, -0.2) is 0 Å². The molecule has 0 radical (unpaired) electrons. The molecule has 5 heteroatoms. The smallest absolute Gasteiger partial charge is 0.236 e. The van der Waals surface area contributed by atoms with Crippen LogP contribution in [0.25, 0.3) is 0 Å². The van der Waals surface area contributed by atoms with E-state index in [2.05, 4.69) is 10.3 Å². The number of amides is 1. The van der Waals surface area contributed by atoms with E-state index in [4.69, 9.17) is 0 Å². The molecule has 0 atom stereocenters. The quantitative estimate of drug-likeness (QED) is 0.759. The molecule has 0 aliphatic rings. The minimum Gasteiger partial charge on any atom is -0.348 e. The highest BCUT2D eigenvalue weighted by Gasteiger charge is 2.02. The minimum atomic E-state index is 0.0875. The molecular weight excluding hydrogens is 186 g/mol. The van der Waals surface area contributed by atoms with Gasteiger partial charge in [0, 0.05) is 31.7 Å². The summed E-state index contributed by atoms with van der Waals surface area (Å²) in [5.41, 5.74) is 1.78. The van der Waals surface area contributed by atoms with Gasteiger partial charge in [-0.15, -0.1) is 11.3 Å². The van der Waals surface area contributed by atoms with Crippen molar-refractivity contribution in [3.63, 3.8) is 0 Å². The molecule has 0 saturated heterocycles. The standard InChI is InChI=1S/C8H13N3OS/c1-11(2)8(12)5-9-3-7-4-10-6-13-7/h4,6,9H,3,5H2,1-2H3. The molecule has 72 valence electrons. The maximum Gasteiger partial charge on any atom is 0.236 e. The number of thiazole rings is 1. The van der Waals surface area contributed by atoms with E-state index >= 15 is 0 Å². The third kappa shape index (κ3) is 3.52. The molecule has 4 nitrogen and oxygen atoms in total. The van der Waals surface area contributed by atoms with Crippen molar-refractivity contribution in [3.05, 3.63) is 16.6 Å². The number of carbonyl (C=O) groups excluding carboxylic acids is 1. The van der Waals surface area contributed by atoms with E-state index in [0.717, 1.165) is 4.88 Å². The fourth-order valence-corrected chi connectivity index (χ4v) is 1.34. The third-order valence-corrected chi connectivity index (χ3v) is 2.34. The SMILES string of the molecule is CN(C)C(=O)CNCc1cncs1. The van der Waals surface area contributed by atoms with Crippen LogP contribution in [0.15, 0.2) is 11.7 Å². The number of nitrogens with zero attached hydrogens (tertiary/aromatic N) is 2. The molecule has 1 heterocycles. The van der Waals surface area contributed by atoms with Crippen LogP contribution in [0.1, 0.15) is 4.88 Å². The minimum absolute atomic E-state index is 0.0875. The molecule has 0 unspecified atom stereocenters. The molecule has 0 aliphatic carbocycles. The molecule has 0 bridgehead atoms. The predicted octanol–water partition coefficient (Wildman–Crippen LogP) is 0.321. The Balaban J connectivity index is 2.18. The number of aromatic nitrogens is 1. The predicted molar refractivity (Wildman–Crippen MR) is 52.5 cm³/mol. The van der Waals surface area contributed by atoms with Crippen LogP contribution in [0, 0.1) is 0 Å². The second-order valence-corrected chi connectivity index (χ2v) is 3.83. The largest absolute Gasteiger partial charge is 0.348 e. The zero-order valence-corrected chi connectivity index (χ0v) is 8.60. The lowest BCUT2D eigenvalue weighted by Crippen LogP contribution is -2.32. The first kappa shape index (κ1) is 10.1. The molecule has 1 rings (SSSR count). The van der Waals surface area contributed by atoms with Crippen LogP contribution in [-0.4, -0.2) is 36.4 Å². The van der Waals surface area contributed by atoms with Crippen LogP contribution in [0.4, 0.5) is 0 Å². The van der Waals surface area contributed by atoms with Crippen molar-refractivity contribution in [2.45, 2.75) is 6.54 Å². The van der Waals surface area contributed by atoms with Gasteiger partial charge in [0.25, 0.3) is 0 Å². The van der Waals surface area contributed by atoms with Gasteiger partial charge in [0.15, 0.2) is 0 Å². The molecule has 0 aromatic carbocycles. The third-order valence-electron chi connectivity index (χ3n) is 1.56. The molecule has 1 amide bonds. The summed E-state index contributed by atoms with van der Waals surface area (Å²) in [4.78, 5) is 17.8. The van der Waals surface area contributed by atoms with Crippen molar-refractivity contribution < 1.29 is 4.79 Å². The fourth-order valence-electron chi connectivity index (χ4n) is 0.780. The van der Waals surface area contributed by atoms with Crippen LogP contribution in [0.5, 0.6) is 0 Å². The van der Waals surface area contributed by atoms with Crippen LogP contribution in [0.2, 0.25) is 0 Å². The van der Waals surface area contributed by atoms with Gasteiger partial charge in [0.2, 0.25) is 5.91 Å². The van der Waals surface area contributed by atoms with Crippen LogP contribution < -0.4 is 5.32 Å². The average Bonchev–Trinajstić information content (AvgIpc) is 2.56. The Kier molecular flexibility index (Phi) is 3.85. The Hall–Kier alpha value is -0.940. The summed E-state index contributed by atoms with van der Waals surface area (Å²) in [6.07, 6.45) is 1.80. The number of rotatable bonds is 4. The summed E-state index contributed by atoms with van der Waals surface area (Å²) in [5, 5.41) is 3.05. The van der Waals surface area contributed by atoms with Gasteiger partial charge < -0.3 is 10.2 Å². The molecule has 1 aromatic rings. The van der Waals surface area contributed by atoms with Gasteiger partial charge in [-0.2, -0.15) is 0 Å². The number of hydrogen-bond donors (Lipinski definition) is 1. The highest BCUT2D eigenvalue weighted by Crippen LogP contribution is 2.03. The van der Waals surface area contributed by atoms with Crippen molar-refractivity contribution in [3.8, 4) is 0 Å². The summed E-state index contributed by atoms with van der Waals surface area (Å²) >= 11 is 1.58. The van der Waals surface area contributed by atoms with E-state index < -0.39 is 0 Å². The summed E-state index contributed by atoms with van der Waals surface area (Å²) in [5.74, 6) is 0.0875. The molecule has 0 fully saturated rings. The zero-order chi connectivity index (χ0) is 9.68. The second-order valence-electron chi connectivity index (χ2n) is 2.86. The van der Waals surface area contributed by atoms with Gasteiger partial charge in [-0.05, 0) is 0 Å². The lowest BCUT2D eigenvalue weighted by molar-refractivity contribution is -0.127. The fraction of sp³-hybridized carbons (Fsp3) is 0.500. The molecular formula is C8H13N3OS. The first-order chi connectivity index (χ1) is 6.20. The van der Waals surface area contributed by atoms with E-state index in [9.17, 15) is 4.79 Å². The maximum absolute atomic E-state index is 11.1. The number of carbonyl (C=O) groups is 1. The van der Waals surface area contributed by atoms with Gasteiger partial charge in [-0.1, -0.05) is 0 Å². The van der Waals surface area contributed by atoms with E-state index in [1.165, 1.54) is 0 Å². The van der Waals surface area contributed by atoms with Crippen molar-refractivity contribution >= 4 is 17.2 Å².